The van der Waals surface area contributed by atoms with Gasteiger partial charge in [0.05, 0.1) is 10.6 Å². The first-order valence-electron chi connectivity index (χ1n) is 6.70. The average Bonchev–Trinajstić information content (AvgIpc) is 2.47. The third-order valence-electron chi connectivity index (χ3n) is 3.13. The number of carbonyl (C=O) groups excluding carboxylic acids is 1. The van der Waals surface area contributed by atoms with Crippen LogP contribution in [0.15, 0.2) is 36.4 Å². The zero-order valence-electron chi connectivity index (χ0n) is 12.3. The minimum absolute atomic E-state index is 0.0939. The predicted octanol–water partition coefficient (Wildman–Crippen LogP) is 3.85. The smallest absolute Gasteiger partial charge is 0.262 e. The molecule has 2 aromatic carbocycles. The summed E-state index contributed by atoms with van der Waals surface area (Å²) in [7, 11) is 0. The lowest BCUT2D eigenvalue weighted by Gasteiger charge is -2.12. The summed E-state index contributed by atoms with van der Waals surface area (Å²) >= 11 is 5.92. The molecule has 2 aromatic rings. The first-order valence-corrected chi connectivity index (χ1v) is 7.07. The van der Waals surface area contributed by atoms with Crippen LogP contribution in [0.1, 0.15) is 16.7 Å². The highest BCUT2D eigenvalue weighted by Crippen LogP contribution is 2.23. The highest BCUT2D eigenvalue weighted by Gasteiger charge is 2.08. The van der Waals surface area contributed by atoms with Gasteiger partial charge in [0.15, 0.2) is 6.61 Å². The van der Waals surface area contributed by atoms with E-state index >= 15 is 0 Å². The van der Waals surface area contributed by atoms with Gasteiger partial charge in [-0.2, -0.15) is 5.26 Å². The molecule has 0 spiro atoms. The predicted molar refractivity (Wildman–Crippen MR) is 86.2 cm³/mol. The Hall–Kier alpha value is -2.51. The number of halogens is 1. The Kier molecular flexibility index (Phi) is 5.03. The van der Waals surface area contributed by atoms with Crippen molar-refractivity contribution >= 4 is 23.2 Å². The van der Waals surface area contributed by atoms with Crippen LogP contribution < -0.4 is 10.1 Å². The van der Waals surface area contributed by atoms with Crippen molar-refractivity contribution in [2.45, 2.75) is 13.8 Å². The SMILES string of the molecule is Cc1cccc(C)c1OCC(=O)Nc1ccc(C#N)c(Cl)c1. The van der Waals surface area contributed by atoms with Crippen LogP contribution in [0.3, 0.4) is 0 Å². The van der Waals surface area contributed by atoms with Crippen LogP contribution >= 0.6 is 11.6 Å². The number of nitriles is 1. The molecule has 112 valence electrons. The molecular weight excluding hydrogens is 300 g/mol. The molecule has 0 fully saturated rings. The standard InChI is InChI=1S/C17H15ClN2O2/c1-11-4-3-5-12(2)17(11)22-10-16(21)20-14-7-6-13(9-19)15(18)8-14/h3-8H,10H2,1-2H3,(H,20,21). The molecule has 0 heterocycles. The molecule has 0 radical (unpaired) electrons. The number of anilines is 1. The topological polar surface area (TPSA) is 62.1 Å². The van der Waals surface area contributed by atoms with E-state index in [1.54, 1.807) is 12.1 Å². The summed E-state index contributed by atoms with van der Waals surface area (Å²) in [5, 5.41) is 11.8. The molecule has 0 aliphatic rings. The summed E-state index contributed by atoms with van der Waals surface area (Å²) < 4.78 is 5.58. The largest absolute Gasteiger partial charge is 0.483 e. The number of para-hydroxylation sites is 1. The molecule has 0 aliphatic heterocycles. The number of rotatable bonds is 4. The molecule has 2 rings (SSSR count). The van der Waals surface area contributed by atoms with Crippen LogP contribution in [-0.4, -0.2) is 12.5 Å². The van der Waals surface area contributed by atoms with Gasteiger partial charge < -0.3 is 10.1 Å². The first kappa shape index (κ1) is 15.9. The number of hydrogen-bond acceptors (Lipinski definition) is 3. The molecule has 0 unspecified atom stereocenters. The Morgan fingerprint density at radius 1 is 1.27 bits per heavy atom. The lowest BCUT2D eigenvalue weighted by molar-refractivity contribution is -0.118. The molecular formula is C17H15ClN2O2. The fraction of sp³-hybridized carbons (Fsp3) is 0.176. The van der Waals surface area contributed by atoms with Crippen molar-refractivity contribution in [1.82, 2.24) is 0 Å². The van der Waals surface area contributed by atoms with E-state index in [0.717, 1.165) is 16.9 Å². The minimum Gasteiger partial charge on any atom is -0.483 e. The summed E-state index contributed by atoms with van der Waals surface area (Å²) in [6.07, 6.45) is 0. The highest BCUT2D eigenvalue weighted by atomic mass is 35.5. The average molecular weight is 315 g/mol. The van der Waals surface area contributed by atoms with E-state index in [0.29, 0.717) is 16.3 Å². The molecule has 0 aliphatic carbocycles. The lowest BCUT2D eigenvalue weighted by atomic mass is 10.1. The molecule has 1 amide bonds. The molecule has 0 saturated heterocycles. The Morgan fingerprint density at radius 2 is 1.95 bits per heavy atom. The van der Waals surface area contributed by atoms with Gasteiger partial charge in [-0.25, -0.2) is 0 Å². The quantitative estimate of drug-likeness (QED) is 0.932. The van der Waals surface area contributed by atoms with Gasteiger partial charge in [-0.1, -0.05) is 29.8 Å². The van der Waals surface area contributed by atoms with E-state index in [1.165, 1.54) is 6.07 Å². The van der Waals surface area contributed by atoms with Crippen LogP contribution in [-0.2, 0) is 4.79 Å². The van der Waals surface area contributed by atoms with Gasteiger partial charge in [0, 0.05) is 5.69 Å². The number of carbonyl (C=O) groups is 1. The van der Waals surface area contributed by atoms with E-state index in [1.807, 2.05) is 38.1 Å². The molecule has 0 bridgehead atoms. The van der Waals surface area contributed by atoms with Gasteiger partial charge >= 0.3 is 0 Å². The summed E-state index contributed by atoms with van der Waals surface area (Å²) in [6, 6.07) is 12.5. The summed E-state index contributed by atoms with van der Waals surface area (Å²) in [4.78, 5) is 11.9. The molecule has 0 atom stereocenters. The zero-order valence-corrected chi connectivity index (χ0v) is 13.1. The molecule has 0 aromatic heterocycles. The second kappa shape index (κ2) is 6.97. The Morgan fingerprint density at radius 3 is 2.55 bits per heavy atom. The van der Waals surface area contributed by atoms with Crippen molar-refractivity contribution in [2.75, 3.05) is 11.9 Å². The van der Waals surface area contributed by atoms with Gasteiger partial charge in [0.1, 0.15) is 11.8 Å². The van der Waals surface area contributed by atoms with Gasteiger partial charge in [-0.3, -0.25) is 4.79 Å². The fourth-order valence-corrected chi connectivity index (χ4v) is 2.27. The molecule has 5 heteroatoms. The van der Waals surface area contributed by atoms with Crippen molar-refractivity contribution in [2.24, 2.45) is 0 Å². The molecule has 4 nitrogen and oxygen atoms in total. The second-order valence-electron chi connectivity index (χ2n) is 4.86. The van der Waals surface area contributed by atoms with E-state index < -0.39 is 0 Å². The maximum atomic E-state index is 11.9. The maximum Gasteiger partial charge on any atom is 0.262 e. The Balaban J connectivity index is 1.99. The zero-order chi connectivity index (χ0) is 16.1. The number of ether oxygens (including phenoxy) is 1. The van der Waals surface area contributed by atoms with Crippen LogP contribution in [0.2, 0.25) is 5.02 Å². The minimum atomic E-state index is -0.288. The van der Waals surface area contributed by atoms with Crippen LogP contribution in [0.4, 0.5) is 5.69 Å². The Labute approximate surface area is 134 Å². The van der Waals surface area contributed by atoms with Crippen LogP contribution in [0, 0.1) is 25.2 Å². The summed E-state index contributed by atoms with van der Waals surface area (Å²) in [5.74, 6) is 0.430. The second-order valence-corrected chi connectivity index (χ2v) is 5.27. The van der Waals surface area contributed by atoms with Crippen molar-refractivity contribution in [3.63, 3.8) is 0 Å². The van der Waals surface area contributed by atoms with E-state index in [9.17, 15) is 4.79 Å². The highest BCUT2D eigenvalue weighted by molar-refractivity contribution is 6.32. The monoisotopic (exact) mass is 314 g/mol. The van der Waals surface area contributed by atoms with E-state index in [2.05, 4.69) is 5.32 Å². The molecule has 22 heavy (non-hydrogen) atoms. The summed E-state index contributed by atoms with van der Waals surface area (Å²) in [5.41, 5.74) is 2.86. The van der Waals surface area contributed by atoms with Crippen molar-refractivity contribution in [1.29, 1.82) is 5.26 Å². The van der Waals surface area contributed by atoms with Crippen molar-refractivity contribution in [3.05, 3.63) is 58.1 Å². The number of amides is 1. The van der Waals surface area contributed by atoms with Crippen molar-refractivity contribution in [3.8, 4) is 11.8 Å². The number of nitrogens with zero attached hydrogens (tertiary/aromatic N) is 1. The fourth-order valence-electron chi connectivity index (χ4n) is 2.05. The number of aryl methyl sites for hydroxylation is 2. The van der Waals surface area contributed by atoms with E-state index in [4.69, 9.17) is 21.6 Å². The normalized spacial score (nSPS) is 9.91. The molecule has 0 saturated carbocycles. The lowest BCUT2D eigenvalue weighted by Crippen LogP contribution is -2.20. The molecule has 1 N–H and O–H groups in total. The van der Waals surface area contributed by atoms with Gasteiger partial charge in [0.25, 0.3) is 5.91 Å². The van der Waals surface area contributed by atoms with E-state index in [-0.39, 0.29) is 12.5 Å². The third-order valence-corrected chi connectivity index (χ3v) is 3.44. The van der Waals surface area contributed by atoms with Crippen LogP contribution in [0.25, 0.3) is 0 Å². The number of hydrogen-bond donors (Lipinski definition) is 1. The van der Waals surface area contributed by atoms with Gasteiger partial charge in [-0.05, 0) is 43.2 Å². The van der Waals surface area contributed by atoms with Gasteiger partial charge in [0.2, 0.25) is 0 Å². The van der Waals surface area contributed by atoms with Crippen LogP contribution in [0.5, 0.6) is 5.75 Å². The van der Waals surface area contributed by atoms with Gasteiger partial charge in [-0.15, -0.1) is 0 Å². The van der Waals surface area contributed by atoms with Crippen molar-refractivity contribution < 1.29 is 9.53 Å². The first-order chi connectivity index (χ1) is 10.5. The Bertz CT molecular complexity index is 731. The summed E-state index contributed by atoms with van der Waals surface area (Å²) in [6.45, 7) is 3.77. The maximum absolute atomic E-state index is 11.9. The third kappa shape index (κ3) is 3.78. The number of nitrogens with one attached hydrogen (secondary N) is 1. The number of benzene rings is 2.